The molecule has 0 bridgehead atoms. The smallest absolute Gasteiger partial charge is 0 e. The zero-order chi connectivity index (χ0) is 52.9. The maximum atomic E-state index is 12.6. The molecule has 0 aliphatic heterocycles. The zero-order valence-electron chi connectivity index (χ0n) is 38.1. The fourth-order valence-electron chi connectivity index (χ4n) is 6.02. The number of urea groups is 1. The van der Waals surface area contributed by atoms with Crippen LogP contribution >= 0.6 is 0 Å². The van der Waals surface area contributed by atoms with Gasteiger partial charge >= 0.3 is 76.1 Å². The molecule has 27 heteroatoms. The number of nitrogens with zero attached hydrogens (tertiary/aromatic N) is 5. The van der Waals surface area contributed by atoms with E-state index in [1.807, 2.05) is 35.6 Å². The van der Waals surface area contributed by atoms with Crippen LogP contribution in [0.25, 0.3) is 0 Å². The first-order valence-electron chi connectivity index (χ1n) is 20.5. The van der Waals surface area contributed by atoms with E-state index in [0.717, 1.165) is 37.5 Å². The largest absolute Gasteiger partial charge is 0 e. The Morgan fingerprint density at radius 2 is 1.09 bits per heavy atom. The van der Waals surface area contributed by atoms with Crippen LogP contribution in [-0.2, 0) is 110 Å². The minimum atomic E-state index is -1.49. The van der Waals surface area contributed by atoms with Crippen molar-refractivity contribution in [3.8, 4) is 0 Å². The van der Waals surface area contributed by atoms with Gasteiger partial charge in [0.1, 0.15) is 29.5 Å². The Balaban J connectivity index is -0.000000958. The number of carbonyl (C=O) groups excluding carboxylic acids is 7. The number of carboxylic acid groups (broad SMARTS) is 4. The van der Waals surface area contributed by atoms with Crippen molar-refractivity contribution in [1.82, 2.24) is 40.0 Å². The van der Waals surface area contributed by atoms with Crippen molar-refractivity contribution in [2.24, 2.45) is 20.0 Å². The molecule has 2 heterocycles. The molecule has 0 aromatic carbocycles. The zero-order valence-corrected chi connectivity index (χ0v) is 40.8. The summed E-state index contributed by atoms with van der Waals surface area (Å²) in [5, 5.41) is 44.1. The van der Waals surface area contributed by atoms with Crippen LogP contribution in [0.4, 0.5) is 4.79 Å². The Labute approximate surface area is 411 Å². The van der Waals surface area contributed by atoms with Crippen LogP contribution in [0.5, 0.6) is 0 Å². The summed E-state index contributed by atoms with van der Waals surface area (Å²) >= 11 is 0. The monoisotopic (exact) mass is 1150 g/mol. The topological polar surface area (TPSA) is 403 Å². The van der Waals surface area contributed by atoms with Crippen molar-refractivity contribution >= 4 is 53.9 Å². The second-order valence-electron chi connectivity index (χ2n) is 14.2. The van der Waals surface area contributed by atoms with Gasteiger partial charge in [-0.1, -0.05) is 19.3 Å². The Kier molecular flexibility index (Phi) is 49.4. The van der Waals surface area contributed by atoms with E-state index in [0.29, 0.717) is 58.2 Å². The molecule has 0 spiro atoms. The molecule has 7 N–H and O–H groups in total. The number of nitrogens with one attached hydrogen (secondary N) is 3. The molecule has 0 aliphatic rings. The molecule has 2 aromatic heterocycles. The third kappa shape index (κ3) is 39.1. The molecule has 0 fully saturated rings. The van der Waals surface area contributed by atoms with Crippen molar-refractivity contribution in [2.75, 3.05) is 13.1 Å². The first-order valence-corrected chi connectivity index (χ1v) is 20.5. The molecule has 0 aliphatic carbocycles. The number of Topliss-reactive ketones (excluding diaryl/α,β-unsaturated/α-hetero) is 1. The standard InChI is InChI=1S/C37H58N8O11.2CO2.3CO.Re/c1-43-21-18-38-30(43)24-45(25-31-39-19-22-44(31)2)20-10-8-11-26(34(50)51)23-27(46)12-5-3-4-6-14-32(47)40-17-9-7-13-28(35(52)53)41-37(56)42-29(36(54)55)15-16-33(48)49;2*2-1-3;3*1-2;/h18-19,21-22,26,28-29H,3-17,20,23-25H2,1-2H3,(H,40,47)(H,48,49)(H,50,51)(H,52,53)(H,54,55)(H2,41,42,56);;;;;;/t26-,28+,29+;;;;;;/m1....../s1. The molecule has 0 unspecified atom stereocenters. The van der Waals surface area contributed by atoms with Gasteiger partial charge in [-0.05, 0) is 57.9 Å². The van der Waals surface area contributed by atoms with E-state index in [4.69, 9.17) is 43.3 Å². The summed E-state index contributed by atoms with van der Waals surface area (Å²) in [6.45, 7) is 15.8. The number of carboxylic acids is 4. The van der Waals surface area contributed by atoms with E-state index in [9.17, 15) is 43.8 Å². The molecule has 3 atom stereocenters. The minimum absolute atomic E-state index is 0. The van der Waals surface area contributed by atoms with Crippen molar-refractivity contribution in [2.45, 2.75) is 121 Å². The van der Waals surface area contributed by atoms with E-state index in [1.165, 1.54) is 0 Å². The fraction of sp³-hybridized carbons (Fsp3) is 0.571. The van der Waals surface area contributed by atoms with Crippen LogP contribution in [0.1, 0.15) is 108 Å². The molecule has 2 rings (SSSR count). The van der Waals surface area contributed by atoms with Crippen molar-refractivity contribution < 1.29 is 108 Å². The number of aromatic nitrogens is 4. The molecule has 69 heavy (non-hydrogen) atoms. The number of aliphatic carboxylic acids is 4. The van der Waals surface area contributed by atoms with Crippen LogP contribution in [0, 0.1) is 25.9 Å². The molecule has 2 aromatic rings. The van der Waals surface area contributed by atoms with Gasteiger partial charge in [0.25, 0.3) is 0 Å². The summed E-state index contributed by atoms with van der Waals surface area (Å²) < 4.78 is 26.4. The third-order valence-corrected chi connectivity index (χ3v) is 9.38. The molecule has 0 saturated carbocycles. The van der Waals surface area contributed by atoms with Crippen molar-refractivity contribution in [1.29, 1.82) is 0 Å². The van der Waals surface area contributed by atoms with Crippen LogP contribution in [0.3, 0.4) is 0 Å². The van der Waals surface area contributed by atoms with Gasteiger partial charge in [-0.15, -0.1) is 0 Å². The summed E-state index contributed by atoms with van der Waals surface area (Å²) in [4.78, 5) is 126. The number of unbranched alkanes of at least 4 members (excludes halogenated alkanes) is 5. The number of hydrogen-bond acceptors (Lipinski definition) is 14. The number of rotatable bonds is 31. The predicted octanol–water partition coefficient (Wildman–Crippen LogP) is 1.40. The van der Waals surface area contributed by atoms with Crippen LogP contribution in [0.15, 0.2) is 24.8 Å². The number of amides is 3. The molecule has 3 amide bonds. The number of hydrogen-bond donors (Lipinski definition) is 7. The van der Waals surface area contributed by atoms with Gasteiger partial charge in [-0.3, -0.25) is 24.1 Å². The molecule has 381 valence electrons. The number of ketones is 1. The normalized spacial score (nSPS) is 10.7. The van der Waals surface area contributed by atoms with Crippen LogP contribution < -0.4 is 16.0 Å². The van der Waals surface area contributed by atoms with Gasteiger partial charge in [-0.25, -0.2) is 24.4 Å². The average Bonchev–Trinajstić information content (AvgIpc) is 3.91. The molecule has 26 nitrogen and oxygen atoms in total. The van der Waals surface area contributed by atoms with Gasteiger partial charge in [-0.2, -0.15) is 19.2 Å². The van der Waals surface area contributed by atoms with Gasteiger partial charge in [0.05, 0.1) is 19.0 Å². The predicted molar refractivity (Wildman–Crippen MR) is 223 cm³/mol. The first kappa shape index (κ1) is 71.3. The number of imidazole rings is 2. The Bertz CT molecular complexity index is 1850. The first-order chi connectivity index (χ1) is 32.5. The summed E-state index contributed by atoms with van der Waals surface area (Å²) in [7, 11) is 3.89. The number of aryl methyl sites for hydroxylation is 2. The second kappa shape index (κ2) is 47.8. The maximum absolute atomic E-state index is 12.6. The average molecular weight is 1150 g/mol. The van der Waals surface area contributed by atoms with E-state index < -0.39 is 54.3 Å². The van der Waals surface area contributed by atoms with Gasteiger partial charge in [0.15, 0.2) is 0 Å². The van der Waals surface area contributed by atoms with Gasteiger partial charge < -0.3 is 45.5 Å². The van der Waals surface area contributed by atoms with Crippen molar-refractivity contribution in [3.63, 3.8) is 0 Å². The Hall–Kier alpha value is -6.69. The quantitative estimate of drug-likeness (QED) is 0.0319. The van der Waals surface area contributed by atoms with Crippen molar-refractivity contribution in [3.05, 3.63) is 56.4 Å². The molecule has 0 saturated heterocycles. The second-order valence-corrected chi connectivity index (χ2v) is 14.2. The Morgan fingerprint density at radius 1 is 0.638 bits per heavy atom. The summed E-state index contributed by atoms with van der Waals surface area (Å²) in [5.41, 5.74) is 0. The SMILES string of the molecule is Cn1ccnc1CN(CCCC[C@H](CC(=O)CCCCCCC(=O)NCCCC[C@H](NC(=O)N[C@@H](CCC(=O)O)C(=O)O)C(=O)O)C(=O)O)Cc1nccn1C.O=C=O.O=C=O.[C-]#[O+].[C-]#[O+].[C-]#[O+].[Re]. The van der Waals surface area contributed by atoms with Crippen LogP contribution in [0.2, 0.25) is 0 Å². The van der Waals surface area contributed by atoms with E-state index in [-0.39, 0.29) is 76.5 Å². The number of carbonyl (C=O) groups is 7. The molecular formula is C42H58N8O18Re. The molecule has 1 radical (unpaired) electrons. The summed E-state index contributed by atoms with van der Waals surface area (Å²) in [6.07, 6.45) is 12.8. The minimum Gasteiger partial charge on any atom is 0 e. The fourth-order valence-corrected chi connectivity index (χ4v) is 6.02. The molecular weight excluding hydrogens is 1090 g/mol. The summed E-state index contributed by atoms with van der Waals surface area (Å²) in [5.74, 6) is -4.12. The van der Waals surface area contributed by atoms with Gasteiger partial charge in [0, 0.05) is 91.5 Å². The third-order valence-electron chi connectivity index (χ3n) is 9.38. The van der Waals surface area contributed by atoms with E-state index in [1.54, 1.807) is 12.4 Å². The summed E-state index contributed by atoms with van der Waals surface area (Å²) in [6, 6.07) is -3.85. The Morgan fingerprint density at radius 3 is 1.51 bits per heavy atom. The van der Waals surface area contributed by atoms with E-state index in [2.05, 4.69) is 50.8 Å². The van der Waals surface area contributed by atoms with Gasteiger partial charge in [0.2, 0.25) is 5.91 Å². The van der Waals surface area contributed by atoms with Crippen LogP contribution in [-0.4, -0.2) is 124 Å². The van der Waals surface area contributed by atoms with E-state index >= 15 is 0 Å². The maximum Gasteiger partial charge on any atom is 0 e.